The topological polar surface area (TPSA) is 47.1 Å². The van der Waals surface area contributed by atoms with E-state index >= 15 is 0 Å². The van der Waals surface area contributed by atoms with Crippen molar-refractivity contribution in [2.75, 3.05) is 13.1 Å². The summed E-state index contributed by atoms with van der Waals surface area (Å²) in [6.45, 7) is 4.84. The number of piperidine rings is 1. The first-order chi connectivity index (χ1) is 9.72. The van der Waals surface area contributed by atoms with E-state index in [0.717, 1.165) is 37.5 Å². The largest absolute Gasteiger partial charge is 0.361 e. The van der Waals surface area contributed by atoms with Crippen LogP contribution < -0.4 is 0 Å². The van der Waals surface area contributed by atoms with Gasteiger partial charge in [-0.25, -0.2) is 0 Å². The average Bonchev–Trinajstić information content (AvgIpc) is 3.06. The normalized spacial score (nSPS) is 20.4. The molecule has 0 unspecified atom stereocenters. The summed E-state index contributed by atoms with van der Waals surface area (Å²) in [5.74, 6) is 0.879. The van der Waals surface area contributed by atoms with Gasteiger partial charge < -0.3 is 4.52 Å². The van der Waals surface area contributed by atoms with E-state index in [1.54, 1.807) is 6.20 Å². The van der Waals surface area contributed by atoms with Gasteiger partial charge in [-0.05, 0) is 26.3 Å². The Morgan fingerprint density at radius 1 is 1.40 bits per heavy atom. The maximum Gasteiger partial charge on any atom is 0.133 e. The SMILES string of the molecule is Cc1cc([C@@H]2CCCCN2CCn2cc(Cl)cn2)no1. The number of halogens is 1. The number of hydrogen-bond acceptors (Lipinski definition) is 4. The van der Waals surface area contributed by atoms with E-state index in [-0.39, 0.29) is 0 Å². The molecule has 3 heterocycles. The van der Waals surface area contributed by atoms with Gasteiger partial charge in [0.15, 0.2) is 0 Å². The van der Waals surface area contributed by atoms with Crippen molar-refractivity contribution in [2.45, 2.75) is 38.8 Å². The van der Waals surface area contributed by atoms with E-state index in [4.69, 9.17) is 16.1 Å². The molecule has 5 nitrogen and oxygen atoms in total. The molecule has 1 saturated heterocycles. The predicted molar refractivity (Wildman–Crippen MR) is 76.6 cm³/mol. The molecule has 1 aliphatic rings. The lowest BCUT2D eigenvalue weighted by atomic mass is 9.99. The van der Waals surface area contributed by atoms with Crippen molar-refractivity contribution >= 4 is 11.6 Å². The number of likely N-dealkylation sites (tertiary alicyclic amines) is 1. The van der Waals surface area contributed by atoms with E-state index in [9.17, 15) is 0 Å². The minimum atomic E-state index is 0.368. The second-order valence-corrected chi connectivity index (χ2v) is 5.77. The maximum absolute atomic E-state index is 5.89. The molecular weight excluding hydrogens is 276 g/mol. The third kappa shape index (κ3) is 3.04. The molecule has 3 rings (SSSR count). The van der Waals surface area contributed by atoms with E-state index in [1.165, 1.54) is 12.8 Å². The van der Waals surface area contributed by atoms with Crippen LogP contribution in [0.1, 0.15) is 36.8 Å². The zero-order valence-electron chi connectivity index (χ0n) is 11.6. The van der Waals surface area contributed by atoms with Crippen LogP contribution in [0.25, 0.3) is 0 Å². The molecule has 108 valence electrons. The molecule has 6 heteroatoms. The summed E-state index contributed by atoms with van der Waals surface area (Å²) in [5.41, 5.74) is 1.06. The second kappa shape index (κ2) is 5.97. The zero-order chi connectivity index (χ0) is 13.9. The Balaban J connectivity index is 1.66. The van der Waals surface area contributed by atoms with Crippen LogP contribution in [0.3, 0.4) is 0 Å². The molecule has 0 radical (unpaired) electrons. The summed E-state index contributed by atoms with van der Waals surface area (Å²) in [7, 11) is 0. The molecule has 2 aromatic rings. The van der Waals surface area contributed by atoms with Gasteiger partial charge in [-0.1, -0.05) is 23.2 Å². The van der Waals surface area contributed by atoms with E-state index in [0.29, 0.717) is 11.1 Å². The van der Waals surface area contributed by atoms with E-state index < -0.39 is 0 Å². The van der Waals surface area contributed by atoms with Crippen molar-refractivity contribution in [2.24, 2.45) is 0 Å². The molecule has 0 amide bonds. The van der Waals surface area contributed by atoms with Crippen LogP contribution in [-0.2, 0) is 6.54 Å². The zero-order valence-corrected chi connectivity index (χ0v) is 12.4. The highest BCUT2D eigenvalue weighted by Crippen LogP contribution is 2.30. The summed E-state index contributed by atoms with van der Waals surface area (Å²) in [6.07, 6.45) is 7.18. The quantitative estimate of drug-likeness (QED) is 0.869. The van der Waals surface area contributed by atoms with Crippen LogP contribution in [0.15, 0.2) is 23.0 Å². The molecule has 0 bridgehead atoms. The number of hydrogen-bond donors (Lipinski definition) is 0. The Morgan fingerprint density at radius 3 is 3.00 bits per heavy atom. The van der Waals surface area contributed by atoms with Gasteiger partial charge in [0.25, 0.3) is 0 Å². The van der Waals surface area contributed by atoms with Gasteiger partial charge in [-0.3, -0.25) is 9.58 Å². The number of aryl methyl sites for hydroxylation is 1. The first-order valence-corrected chi connectivity index (χ1v) is 7.45. The van der Waals surface area contributed by atoms with Crippen LogP contribution >= 0.6 is 11.6 Å². The standard InChI is InChI=1S/C14H19ClN4O/c1-11-8-13(17-20-11)14-4-2-3-5-18(14)6-7-19-10-12(15)9-16-19/h8-10,14H,2-7H2,1H3/t14-/m0/s1. The molecule has 0 N–H and O–H groups in total. The Labute approximate surface area is 123 Å². The molecule has 1 atom stereocenters. The Kier molecular flexibility index (Phi) is 4.08. The summed E-state index contributed by atoms with van der Waals surface area (Å²) in [6, 6.07) is 2.42. The number of aromatic nitrogens is 3. The molecule has 2 aromatic heterocycles. The third-order valence-corrected chi connectivity index (χ3v) is 4.01. The minimum absolute atomic E-state index is 0.368. The summed E-state index contributed by atoms with van der Waals surface area (Å²) in [4.78, 5) is 2.47. The van der Waals surface area contributed by atoms with Gasteiger partial charge in [0.05, 0.1) is 23.8 Å². The van der Waals surface area contributed by atoms with Gasteiger partial charge in [0, 0.05) is 18.8 Å². The summed E-state index contributed by atoms with van der Waals surface area (Å²) < 4.78 is 7.11. The highest BCUT2D eigenvalue weighted by Gasteiger charge is 2.26. The minimum Gasteiger partial charge on any atom is -0.361 e. The van der Waals surface area contributed by atoms with Crippen LogP contribution in [0.2, 0.25) is 5.02 Å². The smallest absolute Gasteiger partial charge is 0.133 e. The average molecular weight is 295 g/mol. The lowest BCUT2D eigenvalue weighted by Crippen LogP contribution is -2.36. The molecule has 20 heavy (non-hydrogen) atoms. The Hall–Kier alpha value is -1.33. The molecule has 0 aromatic carbocycles. The fourth-order valence-electron chi connectivity index (χ4n) is 2.83. The van der Waals surface area contributed by atoms with E-state index in [2.05, 4.69) is 15.2 Å². The summed E-state index contributed by atoms with van der Waals surface area (Å²) in [5, 5.41) is 9.10. The van der Waals surface area contributed by atoms with Gasteiger partial charge in [-0.2, -0.15) is 5.10 Å². The van der Waals surface area contributed by atoms with Crippen LogP contribution in [0.4, 0.5) is 0 Å². The molecule has 0 spiro atoms. The Morgan fingerprint density at radius 2 is 2.30 bits per heavy atom. The maximum atomic E-state index is 5.89. The van der Waals surface area contributed by atoms with Gasteiger partial charge >= 0.3 is 0 Å². The molecule has 1 aliphatic heterocycles. The van der Waals surface area contributed by atoms with Gasteiger partial charge in [-0.15, -0.1) is 0 Å². The van der Waals surface area contributed by atoms with E-state index in [1.807, 2.05) is 23.9 Å². The lowest BCUT2D eigenvalue weighted by molar-refractivity contribution is 0.135. The molecule has 0 aliphatic carbocycles. The second-order valence-electron chi connectivity index (χ2n) is 5.33. The molecular formula is C14H19ClN4O. The first kappa shape index (κ1) is 13.6. The fourth-order valence-corrected chi connectivity index (χ4v) is 2.98. The lowest BCUT2D eigenvalue weighted by Gasteiger charge is -2.34. The number of nitrogens with zero attached hydrogens (tertiary/aromatic N) is 4. The van der Waals surface area contributed by atoms with Crippen LogP contribution in [0.5, 0.6) is 0 Å². The molecule has 0 saturated carbocycles. The van der Waals surface area contributed by atoms with Crippen molar-refractivity contribution in [3.05, 3.63) is 34.9 Å². The van der Waals surface area contributed by atoms with Crippen molar-refractivity contribution in [3.63, 3.8) is 0 Å². The van der Waals surface area contributed by atoms with Crippen molar-refractivity contribution in [3.8, 4) is 0 Å². The van der Waals surface area contributed by atoms with Crippen LogP contribution in [0, 0.1) is 6.92 Å². The molecule has 1 fully saturated rings. The first-order valence-electron chi connectivity index (χ1n) is 7.07. The predicted octanol–water partition coefficient (Wildman–Crippen LogP) is 3.06. The monoisotopic (exact) mass is 294 g/mol. The fraction of sp³-hybridized carbons (Fsp3) is 0.571. The van der Waals surface area contributed by atoms with Crippen molar-refractivity contribution < 1.29 is 4.52 Å². The van der Waals surface area contributed by atoms with Crippen molar-refractivity contribution in [1.29, 1.82) is 0 Å². The van der Waals surface area contributed by atoms with Crippen LogP contribution in [-0.4, -0.2) is 32.9 Å². The van der Waals surface area contributed by atoms with Gasteiger partial charge in [0.1, 0.15) is 11.5 Å². The van der Waals surface area contributed by atoms with Crippen molar-refractivity contribution in [1.82, 2.24) is 19.8 Å². The highest BCUT2D eigenvalue weighted by molar-refractivity contribution is 6.30. The highest BCUT2D eigenvalue weighted by atomic mass is 35.5. The Bertz CT molecular complexity index is 565. The number of rotatable bonds is 4. The summed E-state index contributed by atoms with van der Waals surface area (Å²) >= 11 is 5.89. The third-order valence-electron chi connectivity index (χ3n) is 3.82. The van der Waals surface area contributed by atoms with Gasteiger partial charge in [0.2, 0.25) is 0 Å².